The Morgan fingerprint density at radius 2 is 1.87 bits per heavy atom. The summed E-state index contributed by atoms with van der Waals surface area (Å²) < 4.78 is 0. The normalized spacial score (nSPS) is 18.6. The third-order valence-corrected chi connectivity index (χ3v) is 5.83. The van der Waals surface area contributed by atoms with Gasteiger partial charge < -0.3 is 10.3 Å². The smallest absolute Gasteiger partial charge is 0.333 e. The van der Waals surface area contributed by atoms with Crippen molar-refractivity contribution in [2.45, 2.75) is 30.5 Å². The highest BCUT2D eigenvalue weighted by atomic mass is 32.2. The summed E-state index contributed by atoms with van der Waals surface area (Å²) in [5.74, 6) is -0.917. The molecular weight excluding hydrogens is 402 g/mol. The lowest BCUT2D eigenvalue weighted by atomic mass is 9.93. The van der Waals surface area contributed by atoms with Gasteiger partial charge in [0.05, 0.1) is 16.8 Å². The number of imidazole rings is 1. The molecule has 8 nitrogen and oxygen atoms in total. The van der Waals surface area contributed by atoms with Crippen LogP contribution in [0.3, 0.4) is 0 Å². The number of thioether (sulfide) groups is 1. The minimum absolute atomic E-state index is 0.0115. The van der Waals surface area contributed by atoms with Crippen molar-refractivity contribution in [2.24, 2.45) is 0 Å². The molecule has 3 N–H and O–H groups in total. The molecule has 0 unspecified atom stereocenters. The summed E-state index contributed by atoms with van der Waals surface area (Å²) in [6.45, 7) is 1.67. The van der Waals surface area contributed by atoms with E-state index in [-0.39, 0.29) is 5.75 Å². The Kier molecular flexibility index (Phi) is 5.45. The van der Waals surface area contributed by atoms with Gasteiger partial charge in [0.25, 0.3) is 5.91 Å². The van der Waals surface area contributed by atoms with Crippen LogP contribution >= 0.6 is 11.8 Å². The minimum atomic E-state index is -1.06. The summed E-state index contributed by atoms with van der Waals surface area (Å²) in [5.41, 5.74) is 4.10. The molecule has 4 rings (SSSR count). The number of aromatic nitrogens is 2. The molecule has 2 aromatic carbocycles. The molecule has 3 aromatic rings. The van der Waals surface area contributed by atoms with Crippen LogP contribution in [0.15, 0.2) is 59.8 Å². The minimum Gasteiger partial charge on any atom is -0.333 e. The lowest BCUT2D eigenvalue weighted by molar-refractivity contribution is -0.138. The Bertz CT molecular complexity index is 1070. The number of urea groups is 1. The molecule has 4 amide bonds. The summed E-state index contributed by atoms with van der Waals surface area (Å²) in [6, 6.07) is 16.7. The van der Waals surface area contributed by atoms with Gasteiger partial charge in [0, 0.05) is 0 Å². The van der Waals surface area contributed by atoms with Crippen molar-refractivity contribution in [1.82, 2.24) is 25.7 Å². The molecule has 2 heterocycles. The Labute approximate surface area is 177 Å². The first-order chi connectivity index (χ1) is 14.4. The molecule has 1 aliphatic heterocycles. The number of para-hydroxylation sites is 2. The van der Waals surface area contributed by atoms with E-state index in [0.717, 1.165) is 21.6 Å². The van der Waals surface area contributed by atoms with Gasteiger partial charge >= 0.3 is 6.03 Å². The summed E-state index contributed by atoms with van der Waals surface area (Å²) in [4.78, 5) is 44.9. The van der Waals surface area contributed by atoms with Crippen molar-refractivity contribution in [1.29, 1.82) is 0 Å². The van der Waals surface area contributed by atoms with Crippen molar-refractivity contribution < 1.29 is 14.4 Å². The average molecular weight is 423 g/mol. The molecule has 0 aliphatic carbocycles. The number of hydrazine groups is 1. The van der Waals surface area contributed by atoms with Crippen molar-refractivity contribution in [3.05, 3.63) is 60.2 Å². The number of rotatable bonds is 7. The Hall–Kier alpha value is -3.33. The molecule has 0 bridgehead atoms. The predicted molar refractivity (Wildman–Crippen MR) is 114 cm³/mol. The van der Waals surface area contributed by atoms with E-state index < -0.39 is 23.4 Å². The number of carbonyl (C=O) groups excluding carboxylic acids is 3. The molecule has 154 valence electrons. The SMILES string of the molecule is C[C@@]1(CCc2ccccc2)NC(=O)N(NC(=O)CSc2nc3ccccc3[nH]2)C1=O. The van der Waals surface area contributed by atoms with Crippen molar-refractivity contribution in [3.8, 4) is 0 Å². The topological polar surface area (TPSA) is 107 Å². The monoisotopic (exact) mass is 423 g/mol. The van der Waals surface area contributed by atoms with E-state index >= 15 is 0 Å². The van der Waals surface area contributed by atoms with Gasteiger partial charge in [-0.1, -0.05) is 54.2 Å². The number of carbonyl (C=O) groups is 3. The quantitative estimate of drug-likeness (QED) is 0.400. The van der Waals surface area contributed by atoms with Gasteiger partial charge in [-0.2, -0.15) is 5.01 Å². The number of imide groups is 1. The van der Waals surface area contributed by atoms with Crippen LogP contribution in [-0.4, -0.2) is 44.1 Å². The van der Waals surface area contributed by atoms with Gasteiger partial charge in [0.2, 0.25) is 5.91 Å². The zero-order valence-corrected chi connectivity index (χ0v) is 17.2. The lowest BCUT2D eigenvalue weighted by Crippen LogP contribution is -2.49. The lowest BCUT2D eigenvalue weighted by Gasteiger charge is -2.21. The Balaban J connectivity index is 1.33. The first-order valence-electron chi connectivity index (χ1n) is 9.52. The van der Waals surface area contributed by atoms with Crippen LogP contribution in [-0.2, 0) is 16.0 Å². The fraction of sp³-hybridized carbons (Fsp3) is 0.238. The van der Waals surface area contributed by atoms with Crippen LogP contribution < -0.4 is 10.7 Å². The van der Waals surface area contributed by atoms with Gasteiger partial charge in [-0.05, 0) is 37.5 Å². The fourth-order valence-corrected chi connectivity index (χ4v) is 3.96. The molecular formula is C21H21N5O3S. The highest BCUT2D eigenvalue weighted by Gasteiger charge is 2.48. The predicted octanol–water partition coefficient (Wildman–Crippen LogP) is 2.63. The molecule has 1 aromatic heterocycles. The first kappa shape index (κ1) is 20.0. The Morgan fingerprint density at radius 3 is 2.63 bits per heavy atom. The second kappa shape index (κ2) is 8.19. The molecule has 0 radical (unpaired) electrons. The Morgan fingerprint density at radius 1 is 1.13 bits per heavy atom. The maximum Gasteiger partial charge on any atom is 0.344 e. The van der Waals surface area contributed by atoms with E-state index in [0.29, 0.717) is 18.0 Å². The van der Waals surface area contributed by atoms with Gasteiger partial charge in [0.15, 0.2) is 5.16 Å². The zero-order chi connectivity index (χ0) is 21.1. The van der Waals surface area contributed by atoms with Crippen LogP contribution in [0, 0.1) is 0 Å². The number of fused-ring (bicyclic) bond motifs is 1. The number of hydrogen-bond donors (Lipinski definition) is 3. The molecule has 1 aliphatic rings. The van der Waals surface area contributed by atoms with Crippen LogP contribution in [0.25, 0.3) is 11.0 Å². The van der Waals surface area contributed by atoms with Crippen LogP contribution in [0.2, 0.25) is 0 Å². The van der Waals surface area contributed by atoms with E-state index in [9.17, 15) is 14.4 Å². The summed E-state index contributed by atoms with van der Waals surface area (Å²) in [7, 11) is 0. The highest BCUT2D eigenvalue weighted by molar-refractivity contribution is 7.99. The number of nitrogens with one attached hydrogen (secondary N) is 3. The molecule has 1 saturated heterocycles. The van der Waals surface area contributed by atoms with Crippen molar-refractivity contribution in [2.75, 3.05) is 5.75 Å². The first-order valence-corrected chi connectivity index (χ1v) is 10.5. The number of H-pyrrole nitrogens is 1. The molecule has 30 heavy (non-hydrogen) atoms. The summed E-state index contributed by atoms with van der Waals surface area (Å²) in [6.07, 6.45) is 1.06. The van der Waals surface area contributed by atoms with Gasteiger partial charge in [-0.3, -0.25) is 15.0 Å². The number of hydrogen-bond acceptors (Lipinski definition) is 5. The van der Waals surface area contributed by atoms with E-state index in [1.807, 2.05) is 54.6 Å². The third kappa shape index (κ3) is 4.16. The second-order valence-electron chi connectivity index (χ2n) is 7.27. The van der Waals surface area contributed by atoms with E-state index in [1.165, 1.54) is 11.8 Å². The van der Waals surface area contributed by atoms with Crippen LogP contribution in [0.1, 0.15) is 18.9 Å². The maximum absolute atomic E-state index is 12.8. The number of aryl methyl sites for hydroxylation is 1. The maximum atomic E-state index is 12.8. The van der Waals surface area contributed by atoms with Crippen LogP contribution in [0.4, 0.5) is 4.79 Å². The largest absolute Gasteiger partial charge is 0.344 e. The van der Waals surface area contributed by atoms with E-state index in [4.69, 9.17) is 0 Å². The standard InChI is InChI=1S/C21H21N5O3S/c1-21(12-11-14-7-3-2-4-8-14)18(28)26(20(29)24-21)25-17(27)13-30-19-22-15-9-5-6-10-16(15)23-19/h2-10H,11-13H2,1H3,(H,22,23)(H,24,29)(H,25,27)/t21-/m0/s1. The fourth-order valence-electron chi connectivity index (χ4n) is 3.28. The molecule has 1 atom stereocenters. The third-order valence-electron chi connectivity index (χ3n) is 4.96. The molecule has 0 spiro atoms. The zero-order valence-electron chi connectivity index (χ0n) is 16.3. The second-order valence-corrected chi connectivity index (χ2v) is 8.24. The number of aromatic amines is 1. The molecule has 9 heteroatoms. The van der Waals surface area contributed by atoms with Gasteiger partial charge in [-0.15, -0.1) is 0 Å². The van der Waals surface area contributed by atoms with Gasteiger partial charge in [0.1, 0.15) is 5.54 Å². The van der Waals surface area contributed by atoms with E-state index in [2.05, 4.69) is 20.7 Å². The molecule has 1 fully saturated rings. The summed E-state index contributed by atoms with van der Waals surface area (Å²) in [5, 5.41) is 4.06. The number of benzene rings is 2. The molecule has 0 saturated carbocycles. The van der Waals surface area contributed by atoms with E-state index in [1.54, 1.807) is 6.92 Å². The summed E-state index contributed by atoms with van der Waals surface area (Å²) >= 11 is 1.20. The average Bonchev–Trinajstić information content (AvgIpc) is 3.26. The van der Waals surface area contributed by atoms with Crippen molar-refractivity contribution >= 4 is 40.6 Å². The highest BCUT2D eigenvalue weighted by Crippen LogP contribution is 2.23. The van der Waals surface area contributed by atoms with Crippen LogP contribution in [0.5, 0.6) is 0 Å². The van der Waals surface area contributed by atoms with Crippen molar-refractivity contribution in [3.63, 3.8) is 0 Å². The number of amides is 4. The van der Waals surface area contributed by atoms with Gasteiger partial charge in [-0.25, -0.2) is 9.78 Å². The number of nitrogens with zero attached hydrogens (tertiary/aromatic N) is 2.